The van der Waals surface area contributed by atoms with E-state index in [-0.39, 0.29) is 5.91 Å². The third-order valence-electron chi connectivity index (χ3n) is 4.99. The van der Waals surface area contributed by atoms with Crippen LogP contribution in [0.4, 0.5) is 0 Å². The maximum Gasteiger partial charge on any atom is 0.240 e. The number of hydrogen-bond donors (Lipinski definition) is 0. The molecule has 32 heavy (non-hydrogen) atoms. The molecule has 1 heterocycles. The van der Waals surface area contributed by atoms with Crippen molar-refractivity contribution in [1.29, 1.82) is 0 Å². The van der Waals surface area contributed by atoms with E-state index < -0.39 is 5.25 Å². The molecular formula is C25H24N4O2S. The first kappa shape index (κ1) is 21.6. The lowest BCUT2D eigenvalue weighted by Crippen LogP contribution is -2.27. The van der Waals surface area contributed by atoms with Crippen molar-refractivity contribution in [1.82, 2.24) is 19.7 Å². The number of thioether (sulfide) groups is 1. The molecule has 4 rings (SSSR count). The molecule has 0 bridgehead atoms. The molecule has 4 aromatic rings. The summed E-state index contributed by atoms with van der Waals surface area (Å²) < 4.78 is 7.54. The van der Waals surface area contributed by atoms with E-state index in [9.17, 15) is 4.79 Å². The third-order valence-corrected chi connectivity index (χ3v) is 6.17. The molecule has 0 spiro atoms. The molecule has 0 saturated carbocycles. The van der Waals surface area contributed by atoms with E-state index in [2.05, 4.69) is 10.2 Å². The largest absolute Gasteiger partial charge is 0.496 e. The maximum atomic E-state index is 13.1. The second-order valence-electron chi connectivity index (χ2n) is 7.32. The molecule has 0 unspecified atom stereocenters. The molecule has 0 aliphatic rings. The molecule has 0 saturated heterocycles. The van der Waals surface area contributed by atoms with Crippen LogP contribution in [0.3, 0.4) is 0 Å². The Morgan fingerprint density at radius 2 is 1.53 bits per heavy atom. The number of nitrogens with zero attached hydrogens (tertiary/aromatic N) is 4. The number of carbonyl (C=O) groups excluding carboxylic acids is 1. The predicted molar refractivity (Wildman–Crippen MR) is 127 cm³/mol. The van der Waals surface area contributed by atoms with Crippen LogP contribution in [0, 0.1) is 0 Å². The fraction of sp³-hybridized carbons (Fsp3) is 0.160. The van der Waals surface area contributed by atoms with Crippen molar-refractivity contribution in [3.63, 3.8) is 0 Å². The van der Waals surface area contributed by atoms with Crippen LogP contribution in [0.15, 0.2) is 90.1 Å². The number of benzene rings is 3. The number of ether oxygens (including phenoxy) is 1. The van der Waals surface area contributed by atoms with Gasteiger partial charge in [-0.3, -0.25) is 9.36 Å². The summed E-state index contributed by atoms with van der Waals surface area (Å²) in [4.78, 5) is 14.7. The van der Waals surface area contributed by atoms with Gasteiger partial charge in [-0.05, 0) is 29.8 Å². The Kier molecular flexibility index (Phi) is 6.56. The number of hydrogen-bond acceptors (Lipinski definition) is 5. The molecule has 0 aliphatic heterocycles. The molecule has 0 radical (unpaired) electrons. The average Bonchev–Trinajstić information content (AvgIpc) is 3.26. The third kappa shape index (κ3) is 4.38. The molecule has 162 valence electrons. The fourth-order valence-corrected chi connectivity index (χ4v) is 4.59. The van der Waals surface area contributed by atoms with Crippen molar-refractivity contribution in [3.05, 3.63) is 90.5 Å². The van der Waals surface area contributed by atoms with Crippen molar-refractivity contribution in [2.75, 3.05) is 21.2 Å². The Hall–Kier alpha value is -3.58. The lowest BCUT2D eigenvalue weighted by molar-refractivity contribution is -0.128. The summed E-state index contributed by atoms with van der Waals surface area (Å²) in [6, 6.07) is 27.3. The smallest absolute Gasteiger partial charge is 0.240 e. The van der Waals surface area contributed by atoms with Crippen molar-refractivity contribution in [2.24, 2.45) is 0 Å². The molecule has 1 aromatic heterocycles. The molecule has 0 fully saturated rings. The van der Waals surface area contributed by atoms with Gasteiger partial charge in [0.1, 0.15) is 11.0 Å². The summed E-state index contributed by atoms with van der Waals surface area (Å²) >= 11 is 1.39. The minimum Gasteiger partial charge on any atom is -0.496 e. The topological polar surface area (TPSA) is 60.3 Å². The zero-order valence-corrected chi connectivity index (χ0v) is 19.0. The molecule has 0 N–H and O–H groups in total. The van der Waals surface area contributed by atoms with Crippen LogP contribution < -0.4 is 4.74 Å². The van der Waals surface area contributed by atoms with E-state index in [4.69, 9.17) is 4.74 Å². The lowest BCUT2D eigenvalue weighted by atomic mass is 10.1. The fourth-order valence-electron chi connectivity index (χ4n) is 3.39. The van der Waals surface area contributed by atoms with E-state index >= 15 is 0 Å². The van der Waals surface area contributed by atoms with Crippen LogP contribution in [0.25, 0.3) is 17.1 Å². The number of para-hydroxylation sites is 2. The van der Waals surface area contributed by atoms with E-state index in [1.807, 2.05) is 89.5 Å². The van der Waals surface area contributed by atoms with Gasteiger partial charge in [0.2, 0.25) is 5.91 Å². The van der Waals surface area contributed by atoms with Crippen LogP contribution >= 0.6 is 11.8 Å². The van der Waals surface area contributed by atoms with Crippen LogP contribution in [0.2, 0.25) is 0 Å². The zero-order valence-electron chi connectivity index (χ0n) is 18.2. The SMILES string of the molecule is COc1ccccc1-c1nnc(S[C@H](C(=O)N(C)C)c2ccccc2)n1-c1ccccc1. The quantitative estimate of drug-likeness (QED) is 0.381. The predicted octanol–water partition coefficient (Wildman–Crippen LogP) is 4.86. The van der Waals surface area contributed by atoms with E-state index in [0.717, 1.165) is 16.8 Å². The first-order valence-electron chi connectivity index (χ1n) is 10.2. The summed E-state index contributed by atoms with van der Waals surface area (Å²) in [5.74, 6) is 1.35. The van der Waals surface area contributed by atoms with Gasteiger partial charge in [0, 0.05) is 19.8 Å². The number of aromatic nitrogens is 3. The van der Waals surface area contributed by atoms with E-state index in [0.29, 0.717) is 16.7 Å². The second kappa shape index (κ2) is 9.70. The Balaban J connectivity index is 1.85. The minimum atomic E-state index is -0.455. The van der Waals surface area contributed by atoms with Crippen molar-refractivity contribution < 1.29 is 9.53 Å². The van der Waals surface area contributed by atoms with Crippen LogP contribution in [0.1, 0.15) is 10.8 Å². The van der Waals surface area contributed by atoms with Crippen LogP contribution in [0.5, 0.6) is 5.75 Å². The highest BCUT2D eigenvalue weighted by atomic mass is 32.2. The number of amides is 1. The summed E-state index contributed by atoms with van der Waals surface area (Å²) in [5, 5.41) is 9.18. The minimum absolute atomic E-state index is 0.0114. The molecule has 1 atom stereocenters. The molecular weight excluding hydrogens is 420 g/mol. The monoisotopic (exact) mass is 444 g/mol. The molecule has 1 amide bonds. The average molecular weight is 445 g/mol. The van der Waals surface area contributed by atoms with Gasteiger partial charge in [-0.1, -0.05) is 72.4 Å². The zero-order chi connectivity index (χ0) is 22.5. The summed E-state index contributed by atoms with van der Waals surface area (Å²) in [7, 11) is 5.17. The Morgan fingerprint density at radius 3 is 2.19 bits per heavy atom. The van der Waals surface area contributed by atoms with Crippen molar-refractivity contribution in [3.8, 4) is 22.8 Å². The van der Waals surface area contributed by atoms with Gasteiger partial charge in [-0.2, -0.15) is 0 Å². The van der Waals surface area contributed by atoms with Gasteiger partial charge >= 0.3 is 0 Å². The lowest BCUT2D eigenvalue weighted by Gasteiger charge is -2.20. The van der Waals surface area contributed by atoms with E-state index in [1.165, 1.54) is 11.8 Å². The maximum absolute atomic E-state index is 13.1. The molecule has 0 aliphatic carbocycles. The highest BCUT2D eigenvalue weighted by Crippen LogP contribution is 2.39. The second-order valence-corrected chi connectivity index (χ2v) is 8.39. The number of carbonyl (C=O) groups is 1. The summed E-state index contributed by atoms with van der Waals surface area (Å²) in [6.45, 7) is 0. The number of methoxy groups -OCH3 is 1. The Bertz CT molecular complexity index is 1190. The van der Waals surface area contributed by atoms with Gasteiger partial charge in [-0.15, -0.1) is 10.2 Å². The van der Waals surface area contributed by atoms with Crippen LogP contribution in [-0.4, -0.2) is 46.8 Å². The molecule has 6 nitrogen and oxygen atoms in total. The molecule has 3 aromatic carbocycles. The summed E-state index contributed by atoms with van der Waals surface area (Å²) in [6.07, 6.45) is 0. The Morgan fingerprint density at radius 1 is 0.906 bits per heavy atom. The highest BCUT2D eigenvalue weighted by molar-refractivity contribution is 8.00. The van der Waals surface area contributed by atoms with Gasteiger partial charge in [-0.25, -0.2) is 0 Å². The first-order chi connectivity index (χ1) is 15.6. The van der Waals surface area contributed by atoms with Crippen molar-refractivity contribution in [2.45, 2.75) is 10.4 Å². The van der Waals surface area contributed by atoms with Gasteiger partial charge < -0.3 is 9.64 Å². The van der Waals surface area contributed by atoms with Gasteiger partial charge in [0.15, 0.2) is 11.0 Å². The van der Waals surface area contributed by atoms with Crippen molar-refractivity contribution >= 4 is 17.7 Å². The van der Waals surface area contributed by atoms with Crippen LogP contribution in [-0.2, 0) is 4.79 Å². The van der Waals surface area contributed by atoms with E-state index in [1.54, 1.807) is 26.1 Å². The highest BCUT2D eigenvalue weighted by Gasteiger charge is 2.28. The standard InChI is InChI=1S/C25H24N4O2S/c1-28(2)24(30)22(18-12-6-4-7-13-18)32-25-27-26-23(20-16-10-11-17-21(20)31-3)29(25)19-14-8-5-9-15-19/h4-17,22H,1-3H3/t22-/m0/s1. The molecule has 7 heteroatoms. The van der Waals surface area contributed by atoms with Gasteiger partial charge in [0.05, 0.1) is 12.7 Å². The normalized spacial score (nSPS) is 11.7. The number of likely N-dealkylation sites (N-methyl/N-ethyl adjacent to an activating group) is 1. The number of rotatable bonds is 7. The van der Waals surface area contributed by atoms with Gasteiger partial charge in [0.25, 0.3) is 0 Å². The Labute approximate surface area is 191 Å². The summed E-state index contributed by atoms with van der Waals surface area (Å²) in [5.41, 5.74) is 2.65. The first-order valence-corrected chi connectivity index (χ1v) is 11.0.